The number of carboxylic acid groups (broad SMARTS) is 1. The van der Waals surface area contributed by atoms with Crippen LogP contribution >= 0.6 is 11.6 Å². The smallest absolute Gasteiger partial charge is 0.430 e. The van der Waals surface area contributed by atoms with E-state index in [1.165, 1.54) is 0 Å². The Hall–Kier alpha value is -2.29. The zero-order chi connectivity index (χ0) is 17.5. The van der Waals surface area contributed by atoms with Crippen LogP contribution in [0.3, 0.4) is 0 Å². The first kappa shape index (κ1) is 17.1. The van der Waals surface area contributed by atoms with Crippen LogP contribution in [0, 0.1) is 0 Å². The van der Waals surface area contributed by atoms with Gasteiger partial charge in [-0.25, -0.2) is 4.58 Å². The van der Waals surface area contributed by atoms with Gasteiger partial charge >= 0.3 is 6.18 Å². The third kappa shape index (κ3) is 2.96. The maximum absolute atomic E-state index is 10.5. The lowest BCUT2D eigenvalue weighted by molar-refractivity contribution is -0.344. The van der Waals surface area contributed by atoms with E-state index in [1.54, 1.807) is 6.21 Å². The van der Waals surface area contributed by atoms with Crippen molar-refractivity contribution >= 4 is 40.7 Å². The van der Waals surface area contributed by atoms with Crippen LogP contribution in [-0.2, 0) is 4.79 Å². The number of phenolic OH excluding ortho intramolecular Hbond substituents is 1. The lowest BCUT2D eigenvalue weighted by Gasteiger charge is -2.09. The zero-order valence-corrected chi connectivity index (χ0v) is 12.5. The Morgan fingerprint density at radius 1 is 1.52 bits per heavy atom. The summed E-state index contributed by atoms with van der Waals surface area (Å²) >= 11 is 6.18. The first-order valence-electron chi connectivity index (χ1n) is 6.29. The highest BCUT2D eigenvalue weighted by molar-refractivity contribution is 6.33. The number of benzene rings is 1. The molecule has 0 saturated heterocycles. The Kier molecular flexibility index (Phi) is 4.25. The Morgan fingerprint density at radius 2 is 2.09 bits per heavy atom. The number of phenols is 1. The molecule has 23 heavy (non-hydrogen) atoms. The van der Waals surface area contributed by atoms with E-state index >= 15 is 0 Å². The Morgan fingerprint density at radius 3 is 2.61 bits per heavy atom. The van der Waals surface area contributed by atoms with Crippen molar-refractivity contribution in [2.24, 2.45) is 4.99 Å². The molecule has 0 unspecified atom stereocenters. The molecule has 0 aromatic heterocycles. The number of nitrogens with zero attached hydrogens (tertiary/aromatic N) is 2. The molecule has 2 heterocycles. The second kappa shape index (κ2) is 5.73. The largest absolute Gasteiger partial charge is 0.542 e. The number of alkyl halides is 3. The highest BCUT2D eigenvalue weighted by Gasteiger charge is 2.29. The average molecular weight is 350 g/mol. The topological polar surface area (TPSA) is 102 Å². The molecule has 0 aliphatic carbocycles. The van der Waals surface area contributed by atoms with E-state index in [-0.39, 0.29) is 11.4 Å². The molecule has 0 radical (unpaired) electrons. The van der Waals surface area contributed by atoms with Gasteiger partial charge in [0.1, 0.15) is 36.0 Å². The van der Waals surface area contributed by atoms with E-state index in [1.807, 2.05) is 7.05 Å². The van der Waals surface area contributed by atoms with Crippen LogP contribution < -0.4 is 26.0 Å². The second-order valence-electron chi connectivity index (χ2n) is 4.89. The van der Waals surface area contributed by atoms with Gasteiger partial charge in [-0.1, -0.05) is 11.6 Å². The molecule has 0 spiro atoms. The fourth-order valence-corrected chi connectivity index (χ4v) is 2.61. The summed E-state index contributed by atoms with van der Waals surface area (Å²) in [6.45, 7) is 0.887. The Bertz CT molecular complexity index is 847. The van der Waals surface area contributed by atoms with E-state index in [0.29, 0.717) is 10.7 Å². The molecule has 6 nitrogen and oxygen atoms in total. The van der Waals surface area contributed by atoms with Crippen molar-refractivity contribution in [2.45, 2.75) is 12.6 Å². The lowest BCUT2D eigenvalue weighted by atomic mass is 10.1. The van der Waals surface area contributed by atoms with E-state index in [2.05, 4.69) is 9.57 Å². The number of nitrogen functional groups attached to an aromatic ring is 1. The molecule has 3 N–H and O–H groups in total. The molecule has 0 saturated carbocycles. The number of hydrogen-bond acceptors (Lipinski definition) is 5. The standard InChI is InChI=1S/C11H10ClN3O.C2HF3O2/c1-15-3-2-5-4-14-9-6(5)10(15)7(12)8(13)11(9)16;3-2(4,5)1(6)7/h4H,2-3H2,1H3,(H2,13,14,16);(H,6,7). The van der Waals surface area contributed by atoms with Crippen LogP contribution in [0.2, 0.25) is 5.02 Å². The monoisotopic (exact) mass is 349 g/mol. The molecule has 0 fully saturated rings. The van der Waals surface area contributed by atoms with E-state index < -0.39 is 12.1 Å². The minimum Gasteiger partial charge on any atom is -0.542 e. The number of hydrogen-bond donors (Lipinski definition) is 2. The minimum absolute atomic E-state index is 0.00898. The molecule has 1 aromatic rings. The molecular weight excluding hydrogens is 339 g/mol. The van der Waals surface area contributed by atoms with Gasteiger partial charge in [0.2, 0.25) is 5.36 Å². The fourth-order valence-electron chi connectivity index (χ4n) is 2.28. The molecule has 2 aliphatic heterocycles. The molecule has 10 heteroatoms. The predicted molar refractivity (Wildman–Crippen MR) is 76.0 cm³/mol. The zero-order valence-electron chi connectivity index (χ0n) is 11.7. The van der Waals surface area contributed by atoms with Gasteiger partial charge in [-0.3, -0.25) is 4.99 Å². The molecule has 0 atom stereocenters. The summed E-state index contributed by atoms with van der Waals surface area (Å²) in [6, 6.07) is 0. The molecule has 3 rings (SSSR count). The molecule has 0 bridgehead atoms. The maximum atomic E-state index is 10.5. The molecule has 0 amide bonds. The fraction of sp³-hybridized carbons (Fsp3) is 0.308. The summed E-state index contributed by atoms with van der Waals surface area (Å²) in [5.41, 5.74) is 7.66. The van der Waals surface area contributed by atoms with Crippen LogP contribution in [0.5, 0.6) is 5.75 Å². The number of carbonyl (C=O) groups is 1. The van der Waals surface area contributed by atoms with Crippen molar-refractivity contribution in [1.82, 2.24) is 4.58 Å². The van der Waals surface area contributed by atoms with Crippen LogP contribution in [0.15, 0.2) is 4.99 Å². The van der Waals surface area contributed by atoms with E-state index in [4.69, 9.17) is 27.2 Å². The highest BCUT2D eigenvalue weighted by atomic mass is 35.5. The number of halogens is 4. The van der Waals surface area contributed by atoms with Gasteiger partial charge < -0.3 is 20.7 Å². The van der Waals surface area contributed by atoms with Gasteiger partial charge in [-0.2, -0.15) is 13.2 Å². The Labute approximate surface area is 132 Å². The van der Waals surface area contributed by atoms with Gasteiger partial charge in [0.25, 0.3) is 0 Å². The van der Waals surface area contributed by atoms with Gasteiger partial charge in [-0.05, 0) is 5.57 Å². The lowest BCUT2D eigenvalue weighted by Crippen LogP contribution is -2.44. The maximum Gasteiger partial charge on any atom is 0.430 e. The molecule has 124 valence electrons. The third-order valence-electron chi connectivity index (χ3n) is 3.40. The number of nitrogens with two attached hydrogens (primary N) is 1. The van der Waals surface area contributed by atoms with Crippen LogP contribution in [-0.4, -0.2) is 37.1 Å². The van der Waals surface area contributed by atoms with Crippen molar-refractivity contribution in [3.8, 4) is 5.75 Å². The number of carbonyl (C=O) groups excluding carboxylic acids is 1. The van der Waals surface area contributed by atoms with Crippen molar-refractivity contribution < 1.29 is 28.2 Å². The SMILES string of the molecule is C[N+]1=c2c(Cl)c(N)c(O)c3c2=C(C=N3)CC1.O=C([O-])C(F)(F)F. The highest BCUT2D eigenvalue weighted by Crippen LogP contribution is 2.34. The minimum atomic E-state index is -5.19. The van der Waals surface area contributed by atoms with Gasteiger partial charge in [0.15, 0.2) is 5.75 Å². The summed E-state index contributed by atoms with van der Waals surface area (Å²) < 4.78 is 33.6. The van der Waals surface area contributed by atoms with E-state index in [9.17, 15) is 18.3 Å². The molecule has 2 aliphatic rings. The first-order chi connectivity index (χ1) is 10.6. The third-order valence-corrected chi connectivity index (χ3v) is 3.78. The summed E-state index contributed by atoms with van der Waals surface area (Å²) in [5.74, 6) is -3.02. The molecular formula is C13H11ClF3N3O3. The Balaban J connectivity index is 0.000000236. The average Bonchev–Trinajstić information content (AvgIpc) is 2.87. The predicted octanol–water partition coefficient (Wildman–Crippen LogP) is -0.682. The number of carboxylic acids is 1. The van der Waals surface area contributed by atoms with Crippen LogP contribution in [0.25, 0.3) is 5.57 Å². The van der Waals surface area contributed by atoms with Gasteiger partial charge in [-0.15, -0.1) is 0 Å². The van der Waals surface area contributed by atoms with Crippen molar-refractivity contribution in [3.05, 3.63) is 15.6 Å². The van der Waals surface area contributed by atoms with Crippen LogP contribution in [0.1, 0.15) is 6.42 Å². The molecule has 1 aromatic carbocycles. The van der Waals surface area contributed by atoms with Gasteiger partial charge in [0, 0.05) is 12.6 Å². The first-order valence-corrected chi connectivity index (χ1v) is 6.67. The van der Waals surface area contributed by atoms with Crippen molar-refractivity contribution in [2.75, 3.05) is 19.3 Å². The summed E-state index contributed by atoms with van der Waals surface area (Å²) in [7, 11) is 1.97. The van der Waals surface area contributed by atoms with Crippen molar-refractivity contribution in [1.29, 1.82) is 0 Å². The number of anilines is 1. The summed E-state index contributed by atoms with van der Waals surface area (Å²) in [5, 5.41) is 20.9. The normalized spacial score (nSPS) is 15.2. The van der Waals surface area contributed by atoms with Crippen LogP contribution in [0.4, 0.5) is 24.5 Å². The van der Waals surface area contributed by atoms with Crippen molar-refractivity contribution in [3.63, 3.8) is 0 Å². The number of aliphatic imine (C=N–C) groups is 1. The summed E-state index contributed by atoms with van der Waals surface area (Å²) in [4.78, 5) is 13.0. The second-order valence-corrected chi connectivity index (χ2v) is 5.27. The van der Waals surface area contributed by atoms with Gasteiger partial charge in [0.05, 0.1) is 5.22 Å². The number of aromatic hydroxyl groups is 1. The number of rotatable bonds is 0. The van der Waals surface area contributed by atoms with E-state index in [0.717, 1.165) is 29.1 Å². The summed E-state index contributed by atoms with van der Waals surface area (Å²) in [6.07, 6.45) is -2.49. The quantitative estimate of drug-likeness (QED) is 0.368. The number of aliphatic carboxylic acids is 1.